The second kappa shape index (κ2) is 7.00. The van der Waals surface area contributed by atoms with E-state index in [-0.39, 0.29) is 5.76 Å². The number of benzene rings is 2. The molecular weight excluding hydrogens is 326 g/mol. The van der Waals surface area contributed by atoms with E-state index in [4.69, 9.17) is 4.42 Å². The van der Waals surface area contributed by atoms with Gasteiger partial charge in [0.2, 0.25) is 0 Å². The van der Waals surface area contributed by atoms with Gasteiger partial charge in [-0.2, -0.15) is 0 Å². The minimum absolute atomic E-state index is 0.292. The number of nitrogens with one attached hydrogen (secondary N) is 1. The lowest BCUT2D eigenvalue weighted by atomic mass is 10.0. The van der Waals surface area contributed by atoms with Crippen LogP contribution in [0.15, 0.2) is 45.6 Å². The number of hydrogen-bond donors (Lipinski definition) is 1. The number of anilines is 1. The Morgan fingerprint density at radius 3 is 2.92 bits per heavy atom. The maximum absolute atomic E-state index is 12.1. The number of aryl methyl sites for hydroxylation is 1. The van der Waals surface area contributed by atoms with Crippen molar-refractivity contribution in [3.63, 3.8) is 0 Å². The van der Waals surface area contributed by atoms with E-state index >= 15 is 0 Å². The van der Waals surface area contributed by atoms with Crippen molar-refractivity contribution in [1.82, 2.24) is 9.47 Å². The predicted octanol–water partition coefficient (Wildman–Crippen LogP) is 3.26. The van der Waals surface area contributed by atoms with E-state index in [1.54, 1.807) is 4.57 Å². The third-order valence-corrected chi connectivity index (χ3v) is 5.16. The van der Waals surface area contributed by atoms with Crippen molar-refractivity contribution in [2.45, 2.75) is 32.4 Å². The smallest absolute Gasteiger partial charge is 0.408 e. The van der Waals surface area contributed by atoms with Crippen molar-refractivity contribution in [3.05, 3.63) is 63.6 Å². The van der Waals surface area contributed by atoms with Crippen LogP contribution in [0.2, 0.25) is 0 Å². The Bertz CT molecular complexity index is 985. The molecule has 136 valence electrons. The lowest BCUT2D eigenvalue weighted by Gasteiger charge is -2.12. The van der Waals surface area contributed by atoms with Crippen LogP contribution in [-0.4, -0.2) is 30.1 Å². The maximum atomic E-state index is 12.1. The second-order valence-corrected chi connectivity index (χ2v) is 7.27. The van der Waals surface area contributed by atoms with Gasteiger partial charge in [0.15, 0.2) is 5.58 Å². The van der Waals surface area contributed by atoms with Crippen LogP contribution in [0.1, 0.15) is 23.1 Å². The van der Waals surface area contributed by atoms with Gasteiger partial charge in [-0.3, -0.25) is 4.57 Å². The minimum Gasteiger partial charge on any atom is -0.408 e. The molecular formula is C21H25N3O2. The molecule has 4 rings (SSSR count). The third kappa shape index (κ3) is 3.27. The van der Waals surface area contributed by atoms with Crippen molar-refractivity contribution >= 4 is 16.8 Å². The van der Waals surface area contributed by atoms with Crippen LogP contribution in [0.3, 0.4) is 0 Å². The molecule has 0 saturated heterocycles. The topological polar surface area (TPSA) is 50.4 Å². The van der Waals surface area contributed by atoms with E-state index in [2.05, 4.69) is 28.4 Å². The van der Waals surface area contributed by atoms with Gasteiger partial charge < -0.3 is 14.6 Å². The lowest BCUT2D eigenvalue weighted by molar-refractivity contribution is 0.374. The van der Waals surface area contributed by atoms with Gasteiger partial charge >= 0.3 is 5.76 Å². The Hall–Kier alpha value is -2.53. The molecule has 3 aromatic rings. The Kier molecular flexibility index (Phi) is 4.55. The molecule has 5 heteroatoms. The van der Waals surface area contributed by atoms with Gasteiger partial charge in [0.25, 0.3) is 0 Å². The fourth-order valence-corrected chi connectivity index (χ4v) is 3.75. The highest BCUT2D eigenvalue weighted by molar-refractivity contribution is 5.77. The Labute approximate surface area is 153 Å². The molecule has 0 bridgehead atoms. The molecule has 0 aliphatic heterocycles. The minimum atomic E-state index is -0.292. The van der Waals surface area contributed by atoms with Gasteiger partial charge in [0.05, 0.1) is 5.52 Å². The number of aromatic nitrogens is 1. The summed E-state index contributed by atoms with van der Waals surface area (Å²) in [7, 11) is 4.00. The zero-order valence-electron chi connectivity index (χ0n) is 15.4. The van der Waals surface area contributed by atoms with E-state index in [1.165, 1.54) is 36.0 Å². The zero-order valence-corrected chi connectivity index (χ0v) is 15.4. The van der Waals surface area contributed by atoms with Gasteiger partial charge in [-0.1, -0.05) is 18.2 Å². The molecule has 5 nitrogen and oxygen atoms in total. The number of nitrogens with zero attached hydrogens (tertiary/aromatic N) is 2. The quantitative estimate of drug-likeness (QED) is 0.741. The van der Waals surface area contributed by atoms with E-state index in [0.29, 0.717) is 12.1 Å². The molecule has 1 aliphatic rings. The second-order valence-electron chi connectivity index (χ2n) is 7.27. The number of oxazole rings is 1. The van der Waals surface area contributed by atoms with Crippen molar-refractivity contribution in [1.29, 1.82) is 0 Å². The summed E-state index contributed by atoms with van der Waals surface area (Å²) in [5, 5.41) is 3.52. The van der Waals surface area contributed by atoms with E-state index in [9.17, 15) is 4.79 Å². The lowest BCUT2D eigenvalue weighted by Crippen LogP contribution is -2.23. The summed E-state index contributed by atoms with van der Waals surface area (Å²) in [6, 6.07) is 12.5. The number of rotatable bonds is 6. The van der Waals surface area contributed by atoms with Crippen LogP contribution in [0.5, 0.6) is 0 Å². The van der Waals surface area contributed by atoms with Crippen molar-refractivity contribution in [2.75, 3.05) is 26.0 Å². The maximum Gasteiger partial charge on any atom is 0.419 e. The first-order chi connectivity index (χ1) is 12.6. The molecule has 0 amide bonds. The summed E-state index contributed by atoms with van der Waals surface area (Å²) in [5.41, 5.74) is 6.87. The van der Waals surface area contributed by atoms with Crippen LogP contribution >= 0.6 is 0 Å². The van der Waals surface area contributed by atoms with Gasteiger partial charge in [0, 0.05) is 25.3 Å². The first-order valence-electron chi connectivity index (χ1n) is 9.23. The molecule has 1 aliphatic carbocycles. The normalized spacial score (nSPS) is 13.5. The summed E-state index contributed by atoms with van der Waals surface area (Å²) in [6.07, 6.45) is 3.63. The average molecular weight is 351 g/mol. The Morgan fingerprint density at radius 1 is 1.19 bits per heavy atom. The van der Waals surface area contributed by atoms with Crippen molar-refractivity contribution < 1.29 is 4.42 Å². The highest BCUT2D eigenvalue weighted by Crippen LogP contribution is 2.26. The molecule has 1 N–H and O–H groups in total. The summed E-state index contributed by atoms with van der Waals surface area (Å²) < 4.78 is 7.08. The van der Waals surface area contributed by atoms with Crippen LogP contribution in [0.25, 0.3) is 11.1 Å². The molecule has 26 heavy (non-hydrogen) atoms. The number of fused-ring (bicyclic) bond motifs is 2. The zero-order chi connectivity index (χ0) is 18.1. The highest BCUT2D eigenvalue weighted by atomic mass is 16.4. The molecule has 0 fully saturated rings. The van der Waals surface area contributed by atoms with E-state index < -0.39 is 0 Å². The first-order valence-corrected chi connectivity index (χ1v) is 9.23. The summed E-state index contributed by atoms with van der Waals surface area (Å²) in [5.74, 6) is -0.292. The van der Waals surface area contributed by atoms with Gasteiger partial charge in [0.1, 0.15) is 0 Å². The first kappa shape index (κ1) is 16.9. The highest BCUT2D eigenvalue weighted by Gasteiger charge is 2.14. The van der Waals surface area contributed by atoms with Crippen LogP contribution in [-0.2, 0) is 25.9 Å². The van der Waals surface area contributed by atoms with E-state index in [0.717, 1.165) is 24.3 Å². The molecule has 1 heterocycles. The van der Waals surface area contributed by atoms with Gasteiger partial charge in [-0.25, -0.2) is 4.79 Å². The fraction of sp³-hybridized carbons (Fsp3) is 0.381. The Morgan fingerprint density at radius 2 is 2.08 bits per heavy atom. The van der Waals surface area contributed by atoms with Crippen molar-refractivity contribution in [2.24, 2.45) is 0 Å². The third-order valence-electron chi connectivity index (χ3n) is 5.16. The van der Waals surface area contributed by atoms with E-state index in [1.807, 2.05) is 32.3 Å². The number of hydrogen-bond acceptors (Lipinski definition) is 4. The molecule has 0 radical (unpaired) electrons. The number of likely N-dealkylation sites (N-methyl/N-ethyl adjacent to an activating group) is 1. The summed E-state index contributed by atoms with van der Waals surface area (Å²) in [4.78, 5) is 14.2. The molecule has 1 aromatic heterocycles. The summed E-state index contributed by atoms with van der Waals surface area (Å²) in [6.45, 7) is 2.21. The molecule has 2 aromatic carbocycles. The van der Waals surface area contributed by atoms with Crippen LogP contribution in [0.4, 0.5) is 5.69 Å². The summed E-state index contributed by atoms with van der Waals surface area (Å²) >= 11 is 0. The molecule has 0 atom stereocenters. The van der Waals surface area contributed by atoms with Crippen LogP contribution in [0, 0.1) is 0 Å². The predicted molar refractivity (Wildman–Crippen MR) is 105 cm³/mol. The SMILES string of the molecule is CN(C)CCn1c(=O)oc2ccc(NCc3cccc4c3CCC4)cc21. The largest absolute Gasteiger partial charge is 0.419 e. The Balaban J connectivity index is 1.57. The average Bonchev–Trinajstić information content (AvgIpc) is 3.21. The van der Waals surface area contributed by atoms with Gasteiger partial charge in [-0.05, 0) is 68.2 Å². The monoisotopic (exact) mass is 351 g/mol. The molecule has 0 saturated carbocycles. The van der Waals surface area contributed by atoms with Gasteiger partial charge in [-0.15, -0.1) is 0 Å². The van der Waals surface area contributed by atoms with Crippen molar-refractivity contribution in [3.8, 4) is 0 Å². The fourth-order valence-electron chi connectivity index (χ4n) is 3.75. The molecule has 0 spiro atoms. The van der Waals surface area contributed by atoms with Crippen LogP contribution < -0.4 is 11.1 Å². The molecule has 0 unspecified atom stereocenters. The standard InChI is InChI=1S/C21H25N3O2/c1-23(2)11-12-24-19-13-17(9-10-20(19)26-21(24)25)22-14-16-7-3-5-15-6-4-8-18(15)16/h3,5,7,9-10,13,22H,4,6,8,11-12,14H2,1-2H3.